The molecule has 0 radical (unpaired) electrons. The fourth-order valence-electron chi connectivity index (χ4n) is 3.18. The number of ether oxygens (including phenoxy) is 4. The molecule has 0 aromatic carbocycles. The van der Waals surface area contributed by atoms with Crippen LogP contribution in [-0.2, 0) is 51.3 Å². The molecule has 4 atom stereocenters. The number of hydrogen-bond acceptors (Lipinski definition) is 8. The average Bonchev–Trinajstić information content (AvgIpc) is 3.00. The summed E-state index contributed by atoms with van der Waals surface area (Å²) in [6.07, 6.45) is 0.976. The summed E-state index contributed by atoms with van der Waals surface area (Å²) in [7, 11) is 9.59. The minimum absolute atomic E-state index is 0.00694. The van der Waals surface area contributed by atoms with E-state index in [0.717, 1.165) is 0 Å². The molecule has 0 saturated carbocycles. The molecule has 247 valence electrons. The Hall–Kier alpha value is -1.22. The second-order valence-electron chi connectivity index (χ2n) is 8.95. The van der Waals surface area contributed by atoms with Gasteiger partial charge in [-0.25, -0.2) is 0 Å². The Labute approximate surface area is 264 Å². The van der Waals surface area contributed by atoms with Crippen LogP contribution in [0, 0.1) is 0 Å². The molecule has 13 nitrogen and oxygen atoms in total. The Morgan fingerprint density at radius 1 is 0.548 bits per heavy atom. The number of nitrogens with zero attached hydrogens (tertiary/aromatic N) is 5. The number of carbonyl (C=O) groups excluding carboxylic acids is 4. The number of esters is 4. The van der Waals surface area contributed by atoms with Crippen molar-refractivity contribution in [1.29, 1.82) is 0 Å². The van der Waals surface area contributed by atoms with Crippen LogP contribution in [0.4, 0.5) is 0 Å². The first kappa shape index (κ1) is 40.8. The molecule has 1 fully saturated rings. The summed E-state index contributed by atoms with van der Waals surface area (Å²) >= 11 is 0.00694. The maximum atomic E-state index is 11.8. The van der Waals surface area contributed by atoms with Gasteiger partial charge >= 0.3 is 57.2 Å². The van der Waals surface area contributed by atoms with Crippen molar-refractivity contribution in [3.63, 3.8) is 0 Å². The van der Waals surface area contributed by atoms with Crippen molar-refractivity contribution in [2.45, 2.75) is 77.5 Å². The Morgan fingerprint density at radius 2 is 0.833 bits per heavy atom. The predicted octanol–water partition coefficient (Wildman–Crippen LogP) is 4.53. The molecule has 0 spiro atoms. The van der Waals surface area contributed by atoms with Crippen molar-refractivity contribution < 1.29 is 51.3 Å². The van der Waals surface area contributed by atoms with E-state index in [1.165, 1.54) is 0 Å². The summed E-state index contributed by atoms with van der Waals surface area (Å²) in [4.78, 5) is 47.0. The molecule has 1 saturated heterocycles. The van der Waals surface area contributed by atoms with Crippen LogP contribution in [0.5, 0.6) is 0 Å². The van der Waals surface area contributed by atoms with E-state index < -0.39 is 24.2 Å². The second kappa shape index (κ2) is 27.3. The van der Waals surface area contributed by atoms with Crippen LogP contribution in [0.3, 0.4) is 0 Å². The number of hydrogen-bond donors (Lipinski definition) is 0. The molecule has 1 aliphatic rings. The van der Waals surface area contributed by atoms with Gasteiger partial charge in [-0.3, -0.25) is 19.2 Å². The first-order valence-electron chi connectivity index (χ1n) is 14.0. The molecule has 42 heavy (non-hydrogen) atoms. The normalized spacial score (nSPS) is 22.2. The van der Waals surface area contributed by atoms with Gasteiger partial charge in [0.2, 0.25) is 0 Å². The van der Waals surface area contributed by atoms with Crippen molar-refractivity contribution in [3.8, 4) is 0 Å². The van der Waals surface area contributed by atoms with Gasteiger partial charge in [-0.15, -0.1) is 24.2 Å². The first-order valence-corrected chi connectivity index (χ1v) is 17.3. The van der Waals surface area contributed by atoms with Crippen molar-refractivity contribution in [2.24, 2.45) is 0 Å². The number of carbonyl (C=O) groups is 4. The van der Waals surface area contributed by atoms with Crippen LogP contribution >= 0.6 is 20.2 Å². The second-order valence-corrected chi connectivity index (χ2v) is 10.9. The van der Waals surface area contributed by atoms with E-state index in [2.05, 4.69) is 26.6 Å². The molecule has 0 aliphatic carbocycles. The van der Waals surface area contributed by atoms with Crippen LogP contribution in [0.2, 0.25) is 0 Å². The summed E-state index contributed by atoms with van der Waals surface area (Å²) < 4.78 is 21.2. The van der Waals surface area contributed by atoms with Gasteiger partial charge in [-0.05, 0) is 0 Å². The van der Waals surface area contributed by atoms with Crippen LogP contribution in [0.15, 0.2) is 0 Å². The quantitative estimate of drug-likeness (QED) is 0.164. The van der Waals surface area contributed by atoms with E-state index in [1.54, 1.807) is 27.7 Å². The monoisotopic (exact) mass is 679 g/mol. The van der Waals surface area contributed by atoms with E-state index >= 15 is 0 Å². The van der Waals surface area contributed by atoms with Crippen molar-refractivity contribution in [2.75, 3.05) is 65.7 Å². The third kappa shape index (κ3) is 22.3. The average molecular weight is 681 g/mol. The summed E-state index contributed by atoms with van der Waals surface area (Å²) in [5.41, 5.74) is 0. The standard InChI is InChI=1S/C26H44N5O8.2ClH.Mn/c1-5-23(32)36-15-19-11-27-9-10-28-20(16-37-24(33)6-2)12-30-22(18-39-26(35)8-4)14-31-21(13-29-19)17-38-25(34)7-3;;;/h19-22H,5-18H2,1-4H3;2*1H;/q-5;;;+2/p-2/t19?,20-,21-,22-;;;/m1.../s1. The van der Waals surface area contributed by atoms with Crippen LogP contribution in [0.1, 0.15) is 53.4 Å². The molecule has 1 aliphatic heterocycles. The third-order valence-electron chi connectivity index (χ3n) is 5.61. The topological polar surface area (TPSA) is 176 Å². The zero-order chi connectivity index (χ0) is 31.6. The molecule has 1 unspecified atom stereocenters. The van der Waals surface area contributed by atoms with Gasteiger partial charge in [0.05, 0.1) is 26.4 Å². The van der Waals surface area contributed by atoms with Crippen LogP contribution in [0.25, 0.3) is 26.6 Å². The van der Waals surface area contributed by atoms with Gasteiger partial charge in [-0.2, -0.15) is 39.3 Å². The summed E-state index contributed by atoms with van der Waals surface area (Å²) in [6.45, 7) is 8.84. The van der Waals surface area contributed by atoms with Gasteiger partial charge < -0.3 is 45.5 Å². The molecular formula is C26H44Cl2MnN5O8-5. The molecular weight excluding hydrogens is 636 g/mol. The summed E-state index contributed by atoms with van der Waals surface area (Å²) in [5.74, 6) is -1.36. The van der Waals surface area contributed by atoms with E-state index in [9.17, 15) is 19.2 Å². The SMILES string of the molecule is CCC(=O)OCC1C[N-]CC[N-][C@@H](COC(=O)CC)C[N-][C@@H](COC(=O)CC)C[N-][C@@H](COC(=O)CC)C[N-]1.[Cl][Mn][Cl]. The van der Waals surface area contributed by atoms with Gasteiger partial charge in [0.15, 0.2) is 0 Å². The number of rotatable bonds is 12. The van der Waals surface area contributed by atoms with Gasteiger partial charge in [0.25, 0.3) is 0 Å². The molecule has 0 aromatic rings. The Morgan fingerprint density at radius 3 is 1.14 bits per heavy atom. The van der Waals surface area contributed by atoms with E-state index in [-0.39, 0.29) is 109 Å². The van der Waals surface area contributed by atoms with Crippen LogP contribution < -0.4 is 0 Å². The van der Waals surface area contributed by atoms with E-state index in [1.807, 2.05) is 0 Å². The minimum atomic E-state index is -0.472. The zero-order valence-corrected chi connectivity index (χ0v) is 27.5. The van der Waals surface area contributed by atoms with Crippen molar-refractivity contribution in [1.82, 2.24) is 0 Å². The molecule has 16 heteroatoms. The molecule has 0 amide bonds. The first-order chi connectivity index (χ1) is 20.2. The van der Waals surface area contributed by atoms with Crippen molar-refractivity contribution in [3.05, 3.63) is 26.6 Å². The Kier molecular flexibility index (Phi) is 26.5. The molecule has 0 bridgehead atoms. The fourth-order valence-corrected chi connectivity index (χ4v) is 3.18. The van der Waals surface area contributed by atoms with Gasteiger partial charge in [0.1, 0.15) is 0 Å². The van der Waals surface area contributed by atoms with Gasteiger partial charge in [0, 0.05) is 25.7 Å². The summed E-state index contributed by atoms with van der Waals surface area (Å²) in [6, 6.07) is -1.73. The molecule has 0 N–H and O–H groups in total. The Balaban J connectivity index is 0.00000535. The zero-order valence-electron chi connectivity index (χ0n) is 24.8. The molecule has 1 heterocycles. The summed E-state index contributed by atoms with van der Waals surface area (Å²) in [5, 5.41) is 23.1. The van der Waals surface area contributed by atoms with Crippen molar-refractivity contribution >= 4 is 44.1 Å². The Bertz CT molecular complexity index is 701. The van der Waals surface area contributed by atoms with E-state index in [0.29, 0.717) is 19.6 Å². The third-order valence-corrected chi connectivity index (χ3v) is 5.61. The van der Waals surface area contributed by atoms with Crippen LogP contribution in [-0.4, -0.2) is 114 Å². The maximum absolute atomic E-state index is 11.8. The fraction of sp³-hybridized carbons (Fsp3) is 0.846. The van der Waals surface area contributed by atoms with E-state index in [4.69, 9.17) is 39.1 Å². The molecule has 1 rings (SSSR count). The predicted molar refractivity (Wildman–Crippen MR) is 158 cm³/mol. The molecule has 0 aromatic heterocycles. The van der Waals surface area contributed by atoms with Gasteiger partial charge in [-0.1, -0.05) is 27.7 Å². The number of halogens is 2.